The van der Waals surface area contributed by atoms with Gasteiger partial charge >= 0.3 is 5.97 Å². The van der Waals surface area contributed by atoms with Crippen LogP contribution in [0.3, 0.4) is 0 Å². The predicted octanol–water partition coefficient (Wildman–Crippen LogP) is 1.72. The molecule has 106 valence electrons. The van der Waals surface area contributed by atoms with Crippen LogP contribution in [0.1, 0.15) is 35.2 Å². The Morgan fingerprint density at radius 3 is 2.95 bits per heavy atom. The number of aromatic carboxylic acids is 1. The lowest BCUT2D eigenvalue weighted by Gasteiger charge is -2.35. The number of carboxylic acid groups (broad SMARTS) is 1. The summed E-state index contributed by atoms with van der Waals surface area (Å²) >= 11 is 0. The van der Waals surface area contributed by atoms with Crippen LogP contribution >= 0.6 is 0 Å². The molecule has 0 aromatic carbocycles. The molecule has 5 heteroatoms. The van der Waals surface area contributed by atoms with Crippen LogP contribution in [0.4, 0.5) is 0 Å². The van der Waals surface area contributed by atoms with Gasteiger partial charge in [-0.3, -0.25) is 0 Å². The summed E-state index contributed by atoms with van der Waals surface area (Å²) in [6.07, 6.45) is 1.11. The molecule has 2 heterocycles. The first-order valence-corrected chi connectivity index (χ1v) is 6.72. The number of piperidine rings is 1. The van der Waals surface area contributed by atoms with Gasteiger partial charge in [0, 0.05) is 18.2 Å². The maximum atomic E-state index is 10.9. The third-order valence-corrected chi connectivity index (χ3v) is 3.81. The van der Waals surface area contributed by atoms with Gasteiger partial charge < -0.3 is 19.7 Å². The first kappa shape index (κ1) is 14.1. The fraction of sp³-hybridized carbons (Fsp3) is 0.643. The van der Waals surface area contributed by atoms with Gasteiger partial charge in [0.25, 0.3) is 0 Å². The number of rotatable bonds is 4. The number of carbonyl (C=O) groups is 1. The minimum absolute atomic E-state index is 0.0493. The summed E-state index contributed by atoms with van der Waals surface area (Å²) in [5.74, 6) is 0.333. The number of aryl methyl sites for hydroxylation is 1. The highest BCUT2D eigenvalue weighted by molar-refractivity contribution is 5.86. The molecule has 0 amide bonds. The third-order valence-electron chi connectivity index (χ3n) is 3.81. The number of nitrogens with one attached hydrogen (secondary N) is 1. The maximum absolute atomic E-state index is 10.9. The van der Waals surface area contributed by atoms with Gasteiger partial charge in [-0.2, -0.15) is 0 Å². The molecule has 1 aliphatic rings. The quantitative estimate of drug-likeness (QED) is 0.868. The van der Waals surface area contributed by atoms with Crippen molar-refractivity contribution in [2.24, 2.45) is 5.92 Å². The lowest BCUT2D eigenvalue weighted by atomic mass is 9.94. The SMILES string of the molecule is Cc1cc(CNC2CCN(C)CC2C)oc1C(=O)O. The molecular weight excluding hydrogens is 244 g/mol. The Kier molecular flexibility index (Phi) is 4.27. The summed E-state index contributed by atoms with van der Waals surface area (Å²) in [6.45, 7) is 6.78. The number of nitrogens with zero attached hydrogens (tertiary/aromatic N) is 1. The highest BCUT2D eigenvalue weighted by Gasteiger charge is 2.24. The number of likely N-dealkylation sites (tertiary alicyclic amines) is 1. The largest absolute Gasteiger partial charge is 0.475 e. The Labute approximate surface area is 113 Å². The molecule has 2 rings (SSSR count). The molecule has 2 unspecified atom stereocenters. The van der Waals surface area contributed by atoms with Crippen LogP contribution in [-0.4, -0.2) is 42.2 Å². The van der Waals surface area contributed by atoms with Crippen LogP contribution < -0.4 is 5.32 Å². The molecule has 0 aliphatic carbocycles. The van der Waals surface area contributed by atoms with Crippen molar-refractivity contribution >= 4 is 5.97 Å². The minimum atomic E-state index is -1.00. The van der Waals surface area contributed by atoms with E-state index in [1.54, 1.807) is 13.0 Å². The zero-order valence-corrected chi connectivity index (χ0v) is 11.8. The van der Waals surface area contributed by atoms with Crippen molar-refractivity contribution in [1.29, 1.82) is 0 Å². The molecular formula is C14H22N2O3. The second-order valence-electron chi connectivity index (χ2n) is 5.55. The van der Waals surface area contributed by atoms with E-state index in [4.69, 9.17) is 9.52 Å². The Hall–Kier alpha value is -1.33. The minimum Gasteiger partial charge on any atom is -0.475 e. The fourth-order valence-corrected chi connectivity index (χ4v) is 2.74. The third kappa shape index (κ3) is 3.36. The van der Waals surface area contributed by atoms with Gasteiger partial charge in [0.1, 0.15) is 5.76 Å². The second kappa shape index (κ2) is 5.75. The van der Waals surface area contributed by atoms with E-state index in [1.165, 1.54) is 0 Å². The van der Waals surface area contributed by atoms with Gasteiger partial charge in [0.2, 0.25) is 5.76 Å². The first-order chi connectivity index (χ1) is 8.97. The summed E-state index contributed by atoms with van der Waals surface area (Å²) in [5, 5.41) is 12.4. The lowest BCUT2D eigenvalue weighted by Crippen LogP contribution is -2.46. The summed E-state index contributed by atoms with van der Waals surface area (Å²) in [7, 11) is 2.14. The molecule has 1 aromatic rings. The zero-order chi connectivity index (χ0) is 14.0. The molecule has 0 radical (unpaired) electrons. The Balaban J connectivity index is 1.92. The molecule has 2 N–H and O–H groups in total. The highest BCUT2D eigenvalue weighted by Crippen LogP contribution is 2.18. The van der Waals surface area contributed by atoms with Crippen LogP contribution in [0.25, 0.3) is 0 Å². The second-order valence-corrected chi connectivity index (χ2v) is 5.55. The summed E-state index contributed by atoms with van der Waals surface area (Å²) < 4.78 is 5.35. The maximum Gasteiger partial charge on any atom is 0.372 e. The van der Waals surface area contributed by atoms with Crippen molar-refractivity contribution in [1.82, 2.24) is 10.2 Å². The molecule has 19 heavy (non-hydrogen) atoms. The summed E-state index contributed by atoms with van der Waals surface area (Å²) in [6, 6.07) is 2.27. The fourth-order valence-electron chi connectivity index (χ4n) is 2.74. The standard InChI is InChI=1S/C14H22N2O3/c1-9-6-11(19-13(9)14(17)18)7-15-12-4-5-16(3)8-10(12)2/h6,10,12,15H,4-5,7-8H2,1-3H3,(H,17,18). The highest BCUT2D eigenvalue weighted by atomic mass is 16.4. The summed E-state index contributed by atoms with van der Waals surface area (Å²) in [5.41, 5.74) is 0.681. The van der Waals surface area contributed by atoms with Gasteiger partial charge in [-0.05, 0) is 38.9 Å². The predicted molar refractivity (Wildman–Crippen MR) is 72.3 cm³/mol. The van der Waals surface area contributed by atoms with E-state index in [-0.39, 0.29) is 5.76 Å². The van der Waals surface area contributed by atoms with E-state index >= 15 is 0 Å². The van der Waals surface area contributed by atoms with Crippen molar-refractivity contribution in [2.45, 2.75) is 32.9 Å². The van der Waals surface area contributed by atoms with Gasteiger partial charge in [-0.25, -0.2) is 4.79 Å². The van der Waals surface area contributed by atoms with Crippen molar-refractivity contribution < 1.29 is 14.3 Å². The van der Waals surface area contributed by atoms with E-state index in [0.717, 1.165) is 19.5 Å². The topological polar surface area (TPSA) is 65.7 Å². The smallest absolute Gasteiger partial charge is 0.372 e. The van der Waals surface area contributed by atoms with Crippen LogP contribution in [0.5, 0.6) is 0 Å². The number of carboxylic acids is 1. The van der Waals surface area contributed by atoms with Crippen LogP contribution in [0, 0.1) is 12.8 Å². The Morgan fingerprint density at radius 2 is 2.37 bits per heavy atom. The molecule has 5 nitrogen and oxygen atoms in total. The van der Waals surface area contributed by atoms with Gasteiger partial charge in [-0.1, -0.05) is 6.92 Å². The lowest BCUT2D eigenvalue weighted by molar-refractivity contribution is 0.0658. The molecule has 1 fully saturated rings. The van der Waals surface area contributed by atoms with Gasteiger partial charge in [0.15, 0.2) is 0 Å². The van der Waals surface area contributed by atoms with Crippen LogP contribution in [0.15, 0.2) is 10.5 Å². The van der Waals surface area contributed by atoms with E-state index in [9.17, 15) is 4.79 Å². The number of hydrogen-bond donors (Lipinski definition) is 2. The Morgan fingerprint density at radius 1 is 1.63 bits per heavy atom. The number of furan rings is 1. The normalized spacial score (nSPS) is 24.6. The van der Waals surface area contributed by atoms with Crippen molar-refractivity contribution in [3.8, 4) is 0 Å². The molecule has 1 aromatic heterocycles. The summed E-state index contributed by atoms with van der Waals surface area (Å²) in [4.78, 5) is 13.2. The van der Waals surface area contributed by atoms with E-state index in [1.807, 2.05) is 0 Å². The Bertz CT molecular complexity index is 456. The molecule has 1 saturated heterocycles. The number of hydrogen-bond acceptors (Lipinski definition) is 4. The van der Waals surface area contributed by atoms with E-state index in [2.05, 4.69) is 24.2 Å². The van der Waals surface area contributed by atoms with Gasteiger partial charge in [0.05, 0.1) is 6.54 Å². The van der Waals surface area contributed by atoms with Crippen molar-refractivity contribution in [2.75, 3.05) is 20.1 Å². The molecule has 2 atom stereocenters. The van der Waals surface area contributed by atoms with Gasteiger partial charge in [-0.15, -0.1) is 0 Å². The molecule has 1 aliphatic heterocycles. The average Bonchev–Trinajstić information content (AvgIpc) is 2.69. The zero-order valence-electron chi connectivity index (χ0n) is 11.8. The van der Waals surface area contributed by atoms with Crippen molar-refractivity contribution in [3.05, 3.63) is 23.2 Å². The van der Waals surface area contributed by atoms with Crippen LogP contribution in [0.2, 0.25) is 0 Å². The molecule has 0 bridgehead atoms. The molecule has 0 spiro atoms. The van der Waals surface area contributed by atoms with Crippen LogP contribution in [-0.2, 0) is 6.54 Å². The molecule has 0 saturated carbocycles. The van der Waals surface area contributed by atoms with E-state index < -0.39 is 5.97 Å². The first-order valence-electron chi connectivity index (χ1n) is 6.72. The average molecular weight is 266 g/mol. The van der Waals surface area contributed by atoms with Crippen molar-refractivity contribution in [3.63, 3.8) is 0 Å². The monoisotopic (exact) mass is 266 g/mol. The van der Waals surface area contributed by atoms with E-state index in [0.29, 0.717) is 29.8 Å².